The molecule has 1 aliphatic rings. The number of anilines is 3. The van der Waals surface area contributed by atoms with Crippen molar-refractivity contribution in [3.63, 3.8) is 0 Å². The second kappa shape index (κ2) is 10.8. The number of rotatable bonds is 6. The number of hydrogen-bond acceptors (Lipinski definition) is 8. The first-order valence-corrected chi connectivity index (χ1v) is 12.8. The number of nitrogens with zero attached hydrogens (tertiary/aromatic N) is 5. The van der Waals surface area contributed by atoms with E-state index < -0.39 is 11.6 Å². The van der Waals surface area contributed by atoms with Gasteiger partial charge >= 0.3 is 0 Å². The van der Waals surface area contributed by atoms with Gasteiger partial charge in [-0.3, -0.25) is 9.97 Å². The normalized spacial score (nSPS) is 13.4. The minimum Gasteiger partial charge on any atom is -0.495 e. The average molecular weight is 541 g/mol. The summed E-state index contributed by atoms with van der Waals surface area (Å²) in [6.07, 6.45) is 6.75. The van der Waals surface area contributed by atoms with Crippen LogP contribution in [0.5, 0.6) is 5.75 Å². The van der Waals surface area contributed by atoms with Gasteiger partial charge in [0.05, 0.1) is 60.2 Å². The Morgan fingerprint density at radius 2 is 1.85 bits per heavy atom. The first kappa shape index (κ1) is 25.6. The van der Waals surface area contributed by atoms with Gasteiger partial charge in [-0.1, -0.05) is 6.07 Å². The fourth-order valence-corrected chi connectivity index (χ4v) is 4.87. The Bertz CT molecular complexity index is 1690. The van der Waals surface area contributed by atoms with Crippen LogP contribution in [0.3, 0.4) is 0 Å². The maximum absolute atomic E-state index is 15.4. The predicted octanol–water partition coefficient (Wildman–Crippen LogP) is 5.93. The monoisotopic (exact) mass is 540 g/mol. The number of halogens is 2. The highest BCUT2D eigenvalue weighted by Crippen LogP contribution is 2.40. The molecule has 1 saturated heterocycles. The van der Waals surface area contributed by atoms with Crippen LogP contribution in [0.2, 0.25) is 0 Å². The summed E-state index contributed by atoms with van der Waals surface area (Å²) in [7, 11) is 1.58. The Morgan fingerprint density at radius 1 is 1.00 bits per heavy atom. The lowest BCUT2D eigenvalue weighted by molar-refractivity contribution is 0.122. The molecule has 40 heavy (non-hydrogen) atoms. The smallest absolute Gasteiger partial charge is 0.137 e. The number of fused-ring (bicyclic) bond motifs is 1. The molecule has 0 unspecified atom stereocenters. The topological polar surface area (TPSA) is 85.3 Å². The van der Waals surface area contributed by atoms with E-state index in [0.29, 0.717) is 60.4 Å². The summed E-state index contributed by atoms with van der Waals surface area (Å²) in [5.41, 5.74) is 4.57. The van der Waals surface area contributed by atoms with Crippen molar-refractivity contribution in [3.05, 3.63) is 84.4 Å². The lowest BCUT2D eigenvalue weighted by Gasteiger charge is -2.28. The molecular formula is C30H26F2N6O2. The lowest BCUT2D eigenvalue weighted by atomic mass is 10.0. The highest BCUT2D eigenvalue weighted by atomic mass is 19.1. The van der Waals surface area contributed by atoms with Crippen LogP contribution >= 0.6 is 0 Å². The number of morpholine rings is 1. The van der Waals surface area contributed by atoms with Crippen LogP contribution in [-0.2, 0) is 4.74 Å². The number of hydrogen-bond donors (Lipinski definition) is 1. The Hall–Kier alpha value is -4.70. The van der Waals surface area contributed by atoms with Crippen LogP contribution in [0.15, 0.2) is 67.3 Å². The molecular weight excluding hydrogens is 514 g/mol. The van der Waals surface area contributed by atoms with E-state index in [4.69, 9.17) is 14.5 Å². The van der Waals surface area contributed by atoms with Crippen LogP contribution in [0, 0.1) is 18.6 Å². The molecule has 0 atom stereocenters. The standard InChI is InChI=1S/C30H26F2N6O2/c1-18-29(24-5-3-4-6-34-24)37-26-13-20(31)12-23(32)28(26)30(18)36-25-14-27(38-7-9-40-10-8-38)35-17-22(25)19-11-21(39-2)16-33-15-19/h3-6,11-17H,7-10H2,1-2H3,(H,35,36,37). The molecule has 0 spiro atoms. The zero-order chi connectivity index (χ0) is 27.6. The molecule has 5 heterocycles. The molecule has 6 rings (SSSR count). The first-order chi connectivity index (χ1) is 19.5. The second-order valence-corrected chi connectivity index (χ2v) is 9.38. The minimum absolute atomic E-state index is 0.179. The van der Waals surface area contributed by atoms with Crippen molar-refractivity contribution in [2.24, 2.45) is 0 Å². The number of pyridine rings is 4. The van der Waals surface area contributed by atoms with Crippen molar-refractivity contribution in [2.45, 2.75) is 6.92 Å². The summed E-state index contributed by atoms with van der Waals surface area (Å²) < 4.78 is 40.7. The second-order valence-electron chi connectivity index (χ2n) is 9.38. The summed E-state index contributed by atoms with van der Waals surface area (Å²) in [5, 5.41) is 3.65. The third kappa shape index (κ3) is 4.89. The van der Waals surface area contributed by atoms with Gasteiger partial charge in [-0.2, -0.15) is 0 Å². The van der Waals surface area contributed by atoms with Gasteiger partial charge in [0.2, 0.25) is 0 Å². The molecule has 10 heteroatoms. The maximum atomic E-state index is 15.4. The molecule has 0 aliphatic carbocycles. The number of benzene rings is 1. The van der Waals surface area contributed by atoms with Gasteiger partial charge in [-0.05, 0) is 25.1 Å². The number of nitrogens with one attached hydrogen (secondary N) is 1. The van der Waals surface area contributed by atoms with Crippen LogP contribution in [-0.4, -0.2) is 53.3 Å². The molecule has 0 radical (unpaired) electrons. The molecule has 8 nitrogen and oxygen atoms in total. The van der Waals surface area contributed by atoms with E-state index in [0.717, 1.165) is 23.0 Å². The third-order valence-corrected chi connectivity index (χ3v) is 6.90. The highest BCUT2D eigenvalue weighted by molar-refractivity contribution is 5.99. The van der Waals surface area contributed by atoms with E-state index in [1.165, 1.54) is 6.07 Å². The molecule has 4 aromatic heterocycles. The molecule has 202 valence electrons. The molecule has 1 aliphatic heterocycles. The third-order valence-electron chi connectivity index (χ3n) is 6.90. The number of aromatic nitrogens is 4. The van der Waals surface area contributed by atoms with E-state index in [-0.39, 0.29) is 10.9 Å². The SMILES string of the molecule is COc1cncc(-c2cnc(N3CCOCC3)cc2Nc2c(C)c(-c3ccccn3)nc3cc(F)cc(F)c23)c1. The van der Waals surface area contributed by atoms with Crippen LogP contribution in [0.25, 0.3) is 33.4 Å². The van der Waals surface area contributed by atoms with Crippen molar-refractivity contribution in [3.8, 4) is 28.3 Å². The van der Waals surface area contributed by atoms with E-state index in [1.807, 2.05) is 31.2 Å². The molecule has 1 fully saturated rings. The van der Waals surface area contributed by atoms with Crippen molar-refractivity contribution in [1.29, 1.82) is 0 Å². The van der Waals surface area contributed by atoms with E-state index >= 15 is 4.39 Å². The van der Waals surface area contributed by atoms with Gasteiger partial charge in [0, 0.05) is 66.6 Å². The molecule has 0 saturated carbocycles. The van der Waals surface area contributed by atoms with Gasteiger partial charge in [0.1, 0.15) is 23.2 Å². The van der Waals surface area contributed by atoms with Gasteiger partial charge in [0.25, 0.3) is 0 Å². The zero-order valence-electron chi connectivity index (χ0n) is 22.0. The van der Waals surface area contributed by atoms with Crippen molar-refractivity contribution in [2.75, 3.05) is 43.6 Å². The Morgan fingerprint density at radius 3 is 2.62 bits per heavy atom. The average Bonchev–Trinajstić information content (AvgIpc) is 2.99. The summed E-state index contributed by atoms with van der Waals surface area (Å²) in [6.45, 7) is 4.44. The summed E-state index contributed by atoms with van der Waals surface area (Å²) in [4.78, 5) is 20.2. The van der Waals surface area contributed by atoms with Gasteiger partial charge in [-0.15, -0.1) is 0 Å². The van der Waals surface area contributed by atoms with Crippen molar-refractivity contribution >= 4 is 28.1 Å². The number of ether oxygens (including phenoxy) is 2. The fourth-order valence-electron chi connectivity index (χ4n) is 4.87. The number of methoxy groups -OCH3 is 1. The minimum atomic E-state index is -0.715. The summed E-state index contributed by atoms with van der Waals surface area (Å²) in [5.74, 6) is -0.0863. The summed E-state index contributed by atoms with van der Waals surface area (Å²) in [6, 6.07) is 11.3. The van der Waals surface area contributed by atoms with E-state index in [9.17, 15) is 4.39 Å². The van der Waals surface area contributed by atoms with Gasteiger partial charge in [0.15, 0.2) is 0 Å². The molecule has 5 aromatic rings. The highest BCUT2D eigenvalue weighted by Gasteiger charge is 2.21. The van der Waals surface area contributed by atoms with Crippen LogP contribution in [0.4, 0.5) is 26.0 Å². The molecule has 1 N–H and O–H groups in total. The quantitative estimate of drug-likeness (QED) is 0.284. The van der Waals surface area contributed by atoms with E-state index in [1.54, 1.807) is 38.0 Å². The Labute approximate surface area is 229 Å². The predicted molar refractivity (Wildman–Crippen MR) is 150 cm³/mol. The first-order valence-electron chi connectivity index (χ1n) is 12.8. The van der Waals surface area contributed by atoms with Gasteiger partial charge in [-0.25, -0.2) is 18.7 Å². The van der Waals surface area contributed by atoms with Crippen molar-refractivity contribution < 1.29 is 18.3 Å². The van der Waals surface area contributed by atoms with Crippen LogP contribution in [0.1, 0.15) is 5.56 Å². The lowest BCUT2D eigenvalue weighted by Crippen LogP contribution is -2.36. The molecule has 1 aromatic carbocycles. The summed E-state index contributed by atoms with van der Waals surface area (Å²) >= 11 is 0. The largest absolute Gasteiger partial charge is 0.495 e. The fraction of sp³-hybridized carbons (Fsp3) is 0.200. The van der Waals surface area contributed by atoms with Crippen molar-refractivity contribution in [1.82, 2.24) is 19.9 Å². The van der Waals surface area contributed by atoms with Gasteiger partial charge < -0.3 is 19.7 Å². The van der Waals surface area contributed by atoms with Crippen LogP contribution < -0.4 is 15.0 Å². The Kier molecular flexibility index (Phi) is 6.91. The molecule has 0 bridgehead atoms. The maximum Gasteiger partial charge on any atom is 0.137 e. The molecule has 0 amide bonds. The zero-order valence-corrected chi connectivity index (χ0v) is 22.0. The Balaban J connectivity index is 1.57. The van der Waals surface area contributed by atoms with E-state index in [2.05, 4.69) is 25.2 Å².